The van der Waals surface area contributed by atoms with Gasteiger partial charge in [0.1, 0.15) is 0 Å². The van der Waals surface area contributed by atoms with Crippen molar-refractivity contribution in [3.05, 3.63) is 0 Å². The minimum Gasteiger partial charge on any atom is -0.359 e. The second-order valence-electron chi connectivity index (χ2n) is 7.63. The summed E-state index contributed by atoms with van der Waals surface area (Å²) in [5.41, 5.74) is 0. The Morgan fingerprint density at radius 1 is 0.714 bits per heavy atom. The molecule has 2 heterocycles. The van der Waals surface area contributed by atoms with Crippen molar-refractivity contribution in [2.45, 2.75) is 65.5 Å². The zero-order valence-electron chi connectivity index (χ0n) is 18.1. The molecule has 2 saturated heterocycles. The number of nitrogens with zero attached hydrogens (tertiary/aromatic N) is 2. The van der Waals surface area contributed by atoms with Crippen LogP contribution in [0.25, 0.3) is 0 Å². The molecule has 0 radical (unpaired) electrons. The minimum atomic E-state index is -0.0438. The Labute approximate surface area is 168 Å². The van der Waals surface area contributed by atoms with Crippen LogP contribution < -0.4 is 10.6 Å². The average molecular weight is 397 g/mol. The number of nitrogens with one attached hydrogen (secondary N) is 2. The smallest absolute Gasteiger partial charge is 0.224 e. The van der Waals surface area contributed by atoms with E-state index < -0.39 is 0 Å². The number of amides is 4. The number of hydrogen-bond donors (Lipinski definition) is 2. The monoisotopic (exact) mass is 396 g/mol. The molecule has 2 rings (SSSR count). The van der Waals surface area contributed by atoms with Gasteiger partial charge < -0.3 is 20.4 Å². The Balaban J connectivity index is 0.000000280. The Morgan fingerprint density at radius 3 is 1.29 bits per heavy atom. The molecule has 2 fully saturated rings. The molecule has 0 bridgehead atoms. The molecule has 4 amide bonds. The minimum absolute atomic E-state index is 0.0289. The molecule has 160 valence electrons. The van der Waals surface area contributed by atoms with Gasteiger partial charge in [0.05, 0.1) is 11.8 Å². The lowest BCUT2D eigenvalue weighted by Crippen LogP contribution is -2.50. The lowest BCUT2D eigenvalue weighted by atomic mass is 9.89. The number of hydrogen-bond acceptors (Lipinski definition) is 4. The maximum atomic E-state index is 11.5. The third kappa shape index (κ3) is 5.94. The molecule has 0 aliphatic carbocycles. The van der Waals surface area contributed by atoms with E-state index in [4.69, 9.17) is 0 Å². The summed E-state index contributed by atoms with van der Waals surface area (Å²) in [5, 5.41) is 5.30. The van der Waals surface area contributed by atoms with Gasteiger partial charge in [-0.2, -0.15) is 0 Å². The van der Waals surface area contributed by atoms with E-state index in [2.05, 4.69) is 10.6 Å². The second-order valence-corrected chi connectivity index (χ2v) is 7.63. The van der Waals surface area contributed by atoms with Crippen LogP contribution in [0.2, 0.25) is 0 Å². The fourth-order valence-electron chi connectivity index (χ4n) is 4.25. The van der Waals surface area contributed by atoms with Crippen LogP contribution in [0.4, 0.5) is 0 Å². The molecule has 8 heteroatoms. The van der Waals surface area contributed by atoms with Crippen LogP contribution in [0.15, 0.2) is 0 Å². The van der Waals surface area contributed by atoms with E-state index in [0.717, 1.165) is 38.8 Å². The summed E-state index contributed by atoms with van der Waals surface area (Å²) < 4.78 is 0. The Bertz CT molecular complexity index is 531. The van der Waals surface area contributed by atoms with Gasteiger partial charge in [-0.3, -0.25) is 19.2 Å². The number of piperidine rings is 2. The molecule has 0 saturated carbocycles. The standard InChI is InChI=1S/2C10H18N2O2/c2*1-7-9(10(14)11-3)5-4-6-12(7)8(2)13/h2*7,9H,4-6H2,1-3H3,(H,11,14)/t7-,9+;7-,9-/m00/s1. The van der Waals surface area contributed by atoms with Gasteiger partial charge in [-0.05, 0) is 39.5 Å². The molecule has 0 aromatic heterocycles. The fraction of sp³-hybridized carbons (Fsp3) is 0.800. The summed E-state index contributed by atoms with van der Waals surface area (Å²) in [7, 11) is 3.28. The molecular formula is C20H36N4O4. The summed E-state index contributed by atoms with van der Waals surface area (Å²) in [6.45, 7) is 8.57. The predicted octanol–water partition coefficient (Wildman–Crippen LogP) is 0.759. The molecule has 28 heavy (non-hydrogen) atoms. The third-order valence-corrected chi connectivity index (χ3v) is 5.95. The average Bonchev–Trinajstić information content (AvgIpc) is 2.67. The highest BCUT2D eigenvalue weighted by molar-refractivity contribution is 5.81. The lowest BCUT2D eigenvalue weighted by molar-refractivity contribution is -0.139. The SMILES string of the molecule is CNC(=O)[C@@H]1CCCN(C(C)=O)[C@H]1C.CNC(=O)[C@H]1CCCN(C(C)=O)[C@H]1C. The van der Waals surface area contributed by atoms with Crippen LogP contribution in [0.1, 0.15) is 53.4 Å². The van der Waals surface area contributed by atoms with Crippen LogP contribution in [0.3, 0.4) is 0 Å². The Hall–Kier alpha value is -2.12. The van der Waals surface area contributed by atoms with Gasteiger partial charge in [0, 0.05) is 53.1 Å². The van der Waals surface area contributed by atoms with Crippen molar-refractivity contribution in [2.75, 3.05) is 27.2 Å². The highest BCUT2D eigenvalue weighted by Crippen LogP contribution is 2.24. The summed E-state index contributed by atoms with van der Waals surface area (Å²) in [5.74, 6) is 0.124. The predicted molar refractivity (Wildman–Crippen MR) is 107 cm³/mol. The summed E-state index contributed by atoms with van der Waals surface area (Å²) in [6.07, 6.45) is 3.60. The number of rotatable bonds is 2. The van der Waals surface area contributed by atoms with Crippen LogP contribution in [0.5, 0.6) is 0 Å². The van der Waals surface area contributed by atoms with Gasteiger partial charge in [-0.1, -0.05) is 0 Å². The third-order valence-electron chi connectivity index (χ3n) is 5.95. The van der Waals surface area contributed by atoms with Crippen LogP contribution in [0, 0.1) is 11.8 Å². The zero-order chi connectivity index (χ0) is 21.4. The second kappa shape index (κ2) is 11.0. The van der Waals surface area contributed by atoms with Crippen LogP contribution in [-0.2, 0) is 19.2 Å². The molecule has 2 aliphatic rings. The molecule has 2 N–H and O–H groups in total. The van der Waals surface area contributed by atoms with E-state index in [9.17, 15) is 19.2 Å². The fourth-order valence-corrected chi connectivity index (χ4v) is 4.25. The maximum absolute atomic E-state index is 11.5. The largest absolute Gasteiger partial charge is 0.359 e. The molecule has 0 aromatic rings. The van der Waals surface area contributed by atoms with E-state index in [1.807, 2.05) is 13.8 Å². The molecule has 4 atom stereocenters. The van der Waals surface area contributed by atoms with Crippen molar-refractivity contribution in [2.24, 2.45) is 11.8 Å². The van der Waals surface area contributed by atoms with Gasteiger partial charge in [0.15, 0.2) is 0 Å². The maximum Gasteiger partial charge on any atom is 0.224 e. The van der Waals surface area contributed by atoms with E-state index in [1.165, 1.54) is 0 Å². The van der Waals surface area contributed by atoms with Gasteiger partial charge in [-0.15, -0.1) is 0 Å². The van der Waals surface area contributed by atoms with Crippen molar-refractivity contribution in [3.63, 3.8) is 0 Å². The first-order valence-corrected chi connectivity index (χ1v) is 10.1. The van der Waals surface area contributed by atoms with Gasteiger partial charge in [0.25, 0.3) is 0 Å². The van der Waals surface area contributed by atoms with Gasteiger partial charge in [-0.25, -0.2) is 0 Å². The highest BCUT2D eigenvalue weighted by Gasteiger charge is 2.34. The first kappa shape index (κ1) is 23.9. The van der Waals surface area contributed by atoms with Gasteiger partial charge in [0.2, 0.25) is 23.6 Å². The zero-order valence-corrected chi connectivity index (χ0v) is 18.1. The molecule has 2 aliphatic heterocycles. The van der Waals surface area contributed by atoms with Crippen molar-refractivity contribution < 1.29 is 19.2 Å². The summed E-state index contributed by atoms with van der Waals surface area (Å²) >= 11 is 0. The quantitative estimate of drug-likeness (QED) is 0.720. The summed E-state index contributed by atoms with van der Waals surface area (Å²) in [6, 6.07) is 0.0578. The Kier molecular flexibility index (Phi) is 9.41. The van der Waals surface area contributed by atoms with E-state index in [-0.39, 0.29) is 47.5 Å². The molecule has 0 aromatic carbocycles. The van der Waals surface area contributed by atoms with E-state index in [0.29, 0.717) is 0 Å². The molecule has 8 nitrogen and oxygen atoms in total. The number of likely N-dealkylation sites (tertiary alicyclic amines) is 2. The normalized spacial score (nSPS) is 27.2. The Morgan fingerprint density at radius 2 is 1.04 bits per heavy atom. The van der Waals surface area contributed by atoms with Crippen LogP contribution in [-0.4, -0.2) is 72.7 Å². The van der Waals surface area contributed by atoms with Crippen molar-refractivity contribution in [3.8, 4) is 0 Å². The highest BCUT2D eigenvalue weighted by atomic mass is 16.2. The first-order valence-electron chi connectivity index (χ1n) is 10.1. The number of carbonyl (C=O) groups is 4. The van der Waals surface area contributed by atoms with E-state index in [1.54, 1.807) is 37.7 Å². The molecule has 0 unspecified atom stereocenters. The number of carbonyl (C=O) groups excluding carboxylic acids is 4. The van der Waals surface area contributed by atoms with Crippen molar-refractivity contribution in [1.29, 1.82) is 0 Å². The van der Waals surface area contributed by atoms with E-state index >= 15 is 0 Å². The summed E-state index contributed by atoms with van der Waals surface area (Å²) in [4.78, 5) is 49.1. The lowest BCUT2D eigenvalue weighted by Gasteiger charge is -2.37. The first-order chi connectivity index (χ1) is 13.1. The topological polar surface area (TPSA) is 98.8 Å². The molecular weight excluding hydrogens is 360 g/mol. The molecule has 0 spiro atoms. The van der Waals surface area contributed by atoms with Crippen LogP contribution >= 0.6 is 0 Å². The van der Waals surface area contributed by atoms with Gasteiger partial charge >= 0.3 is 0 Å². The van der Waals surface area contributed by atoms with Crippen molar-refractivity contribution in [1.82, 2.24) is 20.4 Å². The van der Waals surface area contributed by atoms with Crippen molar-refractivity contribution >= 4 is 23.6 Å².